The van der Waals surface area contributed by atoms with E-state index >= 15 is 0 Å². The molecule has 0 saturated heterocycles. The Morgan fingerprint density at radius 2 is 0.857 bits per heavy atom. The van der Waals surface area contributed by atoms with E-state index in [-0.39, 0.29) is 13.2 Å². The summed E-state index contributed by atoms with van der Waals surface area (Å²) < 4.78 is 24.4. The Kier molecular flexibility index (Phi) is 12.1. The van der Waals surface area contributed by atoms with Crippen molar-refractivity contribution in [1.82, 2.24) is 0 Å². The topological polar surface area (TPSA) is 71.1 Å². The summed E-state index contributed by atoms with van der Waals surface area (Å²) in [5.74, 6) is 4.24. The number of ether oxygens (including phenoxy) is 4. The van der Waals surface area contributed by atoms with Gasteiger partial charge in [0.15, 0.2) is 13.2 Å². The molecule has 0 amide bonds. The molecule has 0 bridgehead atoms. The van der Waals surface area contributed by atoms with Crippen LogP contribution in [0.1, 0.15) is 136 Å². The van der Waals surface area contributed by atoms with Crippen LogP contribution in [-0.4, -0.2) is 25.2 Å². The minimum Gasteiger partial charge on any atom is -0.481 e. The number of hydrogen-bond donors (Lipinski definition) is 0. The van der Waals surface area contributed by atoms with Gasteiger partial charge in [0.25, 0.3) is 0 Å². The molecule has 0 aromatic heterocycles. The molecule has 4 aromatic rings. The normalized spacial score (nSPS) is 22.0. The van der Waals surface area contributed by atoms with Crippen LogP contribution < -0.4 is 18.9 Å². The SMILES string of the molecule is CC1CCC(c2ccc(OC(=O)COc3ccc4c(c3-c3c(OCC(=O)Oc5ccc(C6CCC(C)CC6)cc5)ccc5c3CCCC5)CCCC4)cc2)CC1. The zero-order chi connectivity index (χ0) is 38.4. The van der Waals surface area contributed by atoms with Crippen molar-refractivity contribution in [3.63, 3.8) is 0 Å². The van der Waals surface area contributed by atoms with E-state index in [1.54, 1.807) is 0 Å². The Bertz CT molecular complexity index is 1830. The fourth-order valence-corrected chi connectivity index (χ4v) is 9.80. The van der Waals surface area contributed by atoms with Gasteiger partial charge in [0, 0.05) is 11.1 Å². The molecule has 0 unspecified atom stereocenters. The second-order valence-electron chi connectivity index (χ2n) is 17.1. The van der Waals surface area contributed by atoms with Crippen molar-refractivity contribution in [2.45, 2.75) is 128 Å². The van der Waals surface area contributed by atoms with Crippen molar-refractivity contribution >= 4 is 11.9 Å². The average Bonchev–Trinajstić information content (AvgIpc) is 3.23. The summed E-state index contributed by atoms with van der Waals surface area (Å²) in [7, 11) is 0. The molecule has 2 saturated carbocycles. The monoisotopic (exact) mass is 754 g/mol. The maximum absolute atomic E-state index is 13.3. The molecule has 0 N–H and O–H groups in total. The summed E-state index contributed by atoms with van der Waals surface area (Å²) in [4.78, 5) is 26.5. The van der Waals surface area contributed by atoms with Gasteiger partial charge in [-0.1, -0.05) is 75.9 Å². The maximum atomic E-state index is 13.3. The van der Waals surface area contributed by atoms with E-state index in [4.69, 9.17) is 18.9 Å². The minimum atomic E-state index is -0.441. The van der Waals surface area contributed by atoms with Crippen LogP contribution in [0.4, 0.5) is 0 Å². The van der Waals surface area contributed by atoms with Gasteiger partial charge in [0.1, 0.15) is 23.0 Å². The Balaban J connectivity index is 0.990. The molecule has 0 spiro atoms. The fourth-order valence-electron chi connectivity index (χ4n) is 9.80. The van der Waals surface area contributed by atoms with Crippen LogP contribution in [0.25, 0.3) is 11.1 Å². The molecule has 0 heterocycles. The molecular weight excluding hydrogens is 697 g/mol. The molecule has 0 radical (unpaired) electrons. The Morgan fingerprint density at radius 3 is 1.25 bits per heavy atom. The molecule has 6 heteroatoms. The van der Waals surface area contributed by atoms with Crippen molar-refractivity contribution in [2.24, 2.45) is 11.8 Å². The van der Waals surface area contributed by atoms with Gasteiger partial charge in [-0.2, -0.15) is 0 Å². The maximum Gasteiger partial charge on any atom is 0.349 e. The van der Waals surface area contributed by atoms with Crippen LogP contribution >= 0.6 is 0 Å². The van der Waals surface area contributed by atoms with Crippen molar-refractivity contribution < 1.29 is 28.5 Å². The molecule has 4 aromatic carbocycles. The number of esters is 2. The molecule has 4 aliphatic rings. The van der Waals surface area contributed by atoms with Crippen LogP contribution in [-0.2, 0) is 35.3 Å². The van der Waals surface area contributed by atoms with E-state index in [0.717, 1.165) is 74.3 Å². The van der Waals surface area contributed by atoms with Gasteiger partial charge >= 0.3 is 11.9 Å². The summed E-state index contributed by atoms with van der Waals surface area (Å²) >= 11 is 0. The van der Waals surface area contributed by atoms with E-state index in [0.29, 0.717) is 34.8 Å². The summed E-state index contributed by atoms with van der Waals surface area (Å²) in [6.07, 6.45) is 18.2. The van der Waals surface area contributed by atoms with E-state index in [9.17, 15) is 9.59 Å². The molecular formula is C50H58O6. The number of benzene rings is 4. The zero-order valence-electron chi connectivity index (χ0n) is 33.4. The average molecular weight is 755 g/mol. The summed E-state index contributed by atoms with van der Waals surface area (Å²) in [6.45, 7) is 4.24. The first kappa shape index (κ1) is 38.3. The molecule has 0 aliphatic heterocycles. The van der Waals surface area contributed by atoms with Gasteiger partial charge in [-0.15, -0.1) is 0 Å². The zero-order valence-corrected chi connectivity index (χ0v) is 33.4. The molecule has 56 heavy (non-hydrogen) atoms. The summed E-state index contributed by atoms with van der Waals surface area (Å²) in [5.41, 5.74) is 9.71. The standard InChI is InChI=1S/C50H58O6/c1-33-11-15-35(16-12-33)37-19-25-41(26-20-37)55-47(51)31-53-45-29-23-39-7-3-5-9-43(39)49(45)50-44-10-6-4-8-40(44)24-30-46(50)54-32-48(52)56-42-27-21-38(22-28-42)36-17-13-34(2)14-18-36/h19-30,33-36H,3-18,31-32H2,1-2H3. The molecule has 8 rings (SSSR count). The highest BCUT2D eigenvalue weighted by atomic mass is 16.6. The Hall–Kier alpha value is -4.58. The third-order valence-electron chi connectivity index (χ3n) is 13.1. The van der Waals surface area contributed by atoms with Gasteiger partial charge in [-0.25, -0.2) is 9.59 Å². The molecule has 6 nitrogen and oxygen atoms in total. The largest absolute Gasteiger partial charge is 0.481 e. The van der Waals surface area contributed by atoms with E-state index in [2.05, 4.69) is 50.2 Å². The first-order valence-electron chi connectivity index (χ1n) is 21.5. The van der Waals surface area contributed by atoms with Crippen molar-refractivity contribution in [3.8, 4) is 34.1 Å². The number of rotatable bonds is 11. The second-order valence-corrected chi connectivity index (χ2v) is 17.1. The third kappa shape index (κ3) is 9.01. The predicted molar refractivity (Wildman–Crippen MR) is 221 cm³/mol. The number of hydrogen-bond acceptors (Lipinski definition) is 6. The van der Waals surface area contributed by atoms with Crippen LogP contribution in [0.5, 0.6) is 23.0 Å². The number of carbonyl (C=O) groups excluding carboxylic acids is 2. The van der Waals surface area contributed by atoms with Crippen molar-refractivity contribution in [3.05, 3.63) is 106 Å². The van der Waals surface area contributed by atoms with Gasteiger partial charge in [0.05, 0.1) is 0 Å². The summed E-state index contributed by atoms with van der Waals surface area (Å²) in [5, 5.41) is 0. The second kappa shape index (κ2) is 17.7. The van der Waals surface area contributed by atoms with Gasteiger partial charge < -0.3 is 18.9 Å². The Labute approximate surface area is 333 Å². The predicted octanol–water partition coefficient (Wildman–Crippen LogP) is 11.7. The van der Waals surface area contributed by atoms with Crippen LogP contribution in [0.15, 0.2) is 72.8 Å². The lowest BCUT2D eigenvalue weighted by atomic mass is 9.79. The highest BCUT2D eigenvalue weighted by Gasteiger charge is 2.28. The van der Waals surface area contributed by atoms with Crippen LogP contribution in [0.3, 0.4) is 0 Å². The highest BCUT2D eigenvalue weighted by molar-refractivity contribution is 5.85. The summed E-state index contributed by atoms with van der Waals surface area (Å²) in [6, 6.07) is 24.4. The van der Waals surface area contributed by atoms with E-state index < -0.39 is 11.9 Å². The number of carbonyl (C=O) groups is 2. The highest BCUT2D eigenvalue weighted by Crippen LogP contribution is 2.47. The van der Waals surface area contributed by atoms with Gasteiger partial charge in [-0.05, 0) is 171 Å². The molecule has 4 aliphatic carbocycles. The smallest absolute Gasteiger partial charge is 0.349 e. The lowest BCUT2D eigenvalue weighted by Gasteiger charge is -2.28. The minimum absolute atomic E-state index is 0.218. The molecule has 0 atom stereocenters. The van der Waals surface area contributed by atoms with Crippen LogP contribution in [0.2, 0.25) is 0 Å². The van der Waals surface area contributed by atoms with E-state index in [1.165, 1.54) is 84.7 Å². The van der Waals surface area contributed by atoms with Gasteiger partial charge in [-0.3, -0.25) is 0 Å². The number of aryl methyl sites for hydroxylation is 2. The van der Waals surface area contributed by atoms with Gasteiger partial charge in [0.2, 0.25) is 0 Å². The number of fused-ring (bicyclic) bond motifs is 2. The Morgan fingerprint density at radius 1 is 0.482 bits per heavy atom. The van der Waals surface area contributed by atoms with E-state index in [1.807, 2.05) is 36.4 Å². The first-order chi connectivity index (χ1) is 27.4. The quantitative estimate of drug-likeness (QED) is 0.112. The van der Waals surface area contributed by atoms with Crippen molar-refractivity contribution in [1.29, 1.82) is 0 Å². The third-order valence-corrected chi connectivity index (χ3v) is 13.1. The van der Waals surface area contributed by atoms with Crippen molar-refractivity contribution in [2.75, 3.05) is 13.2 Å². The molecule has 294 valence electrons. The fraction of sp³-hybridized carbons (Fsp3) is 0.480. The lowest BCUT2D eigenvalue weighted by molar-refractivity contribution is -0.137. The molecule has 2 fully saturated rings. The lowest BCUT2D eigenvalue weighted by Crippen LogP contribution is -2.20. The van der Waals surface area contributed by atoms with Crippen LogP contribution in [0, 0.1) is 11.8 Å². The first-order valence-corrected chi connectivity index (χ1v) is 21.5.